The smallest absolute Gasteiger partial charge is 0.164 e. The van der Waals surface area contributed by atoms with Gasteiger partial charge in [0.15, 0.2) is 17.5 Å². The molecule has 0 fully saturated rings. The van der Waals surface area contributed by atoms with Crippen LogP contribution in [-0.4, -0.2) is 21.0 Å². The fourth-order valence-corrected chi connectivity index (χ4v) is 10.9. The molecule has 0 amide bonds. The number of rotatable bonds is 5. The molecule has 9 aromatic rings. The minimum absolute atomic E-state index is 0.163. The van der Waals surface area contributed by atoms with E-state index in [2.05, 4.69) is 199 Å². The van der Waals surface area contributed by atoms with Crippen LogP contribution in [0.25, 0.3) is 73.1 Å². The molecule has 3 unspecified atom stereocenters. The van der Waals surface area contributed by atoms with Gasteiger partial charge in [0.05, 0.1) is 11.5 Å². The third-order valence-electron chi connectivity index (χ3n) is 13.6. The lowest BCUT2D eigenvalue weighted by Crippen LogP contribution is -2.52. The van der Waals surface area contributed by atoms with Crippen molar-refractivity contribution in [3.05, 3.63) is 241 Å². The predicted octanol–water partition coefficient (Wildman–Crippen LogP) is 13.6. The number of anilines is 2. The van der Waals surface area contributed by atoms with Gasteiger partial charge in [-0.25, -0.2) is 15.0 Å². The first kappa shape index (κ1) is 34.9. The van der Waals surface area contributed by atoms with E-state index < -0.39 is 5.41 Å². The van der Waals surface area contributed by atoms with Crippen LogP contribution >= 0.6 is 0 Å². The molecule has 0 N–H and O–H groups in total. The van der Waals surface area contributed by atoms with Crippen LogP contribution < -0.4 is 4.90 Å². The van der Waals surface area contributed by atoms with Gasteiger partial charge in [-0.05, 0) is 79.9 Å². The van der Waals surface area contributed by atoms with E-state index in [1.54, 1.807) is 0 Å². The number of hydrogen-bond donors (Lipinski definition) is 0. The van der Waals surface area contributed by atoms with E-state index in [0.717, 1.165) is 33.4 Å². The van der Waals surface area contributed by atoms with Crippen molar-refractivity contribution >= 4 is 16.9 Å². The first-order valence-corrected chi connectivity index (χ1v) is 21.4. The molecule has 4 nitrogen and oxygen atoms in total. The van der Waals surface area contributed by atoms with Gasteiger partial charge in [0, 0.05) is 39.5 Å². The van der Waals surface area contributed by atoms with Gasteiger partial charge in [0.2, 0.25) is 0 Å². The highest BCUT2D eigenvalue weighted by molar-refractivity contribution is 5.99. The van der Waals surface area contributed by atoms with Gasteiger partial charge in [-0.2, -0.15) is 0 Å². The Hall–Kier alpha value is -7.95. The Bertz CT molecular complexity index is 3310. The second-order valence-electron chi connectivity index (χ2n) is 16.7. The van der Waals surface area contributed by atoms with Crippen LogP contribution in [0, 0.1) is 5.92 Å². The number of aromatic nitrogens is 3. The zero-order valence-electron chi connectivity index (χ0n) is 33.7. The molecule has 1 spiro atoms. The molecule has 3 atom stereocenters. The second kappa shape index (κ2) is 13.5. The standard InChI is InChI=1S/C58H38N4/c1-3-15-37(16-4-1)38-29-31-40(32-30-38)56-59-55(39-17-5-2-6-18-39)60-57(61-56)43-20-13-19-41(35-43)42-33-34-45-44-21-7-9-24-48(44)58(51(45)36-42)49-25-10-12-28-53(49)62-52-27-11-8-22-46(52)47-23-14-26-50(58)54(47)62/h1-36,50,54H. The highest BCUT2D eigenvalue weighted by Gasteiger charge is 2.59. The summed E-state index contributed by atoms with van der Waals surface area (Å²) in [5.74, 6) is 2.09. The molecule has 290 valence electrons. The van der Waals surface area contributed by atoms with Gasteiger partial charge in [-0.3, -0.25) is 0 Å². The van der Waals surface area contributed by atoms with Gasteiger partial charge in [0.25, 0.3) is 0 Å². The first-order valence-electron chi connectivity index (χ1n) is 21.4. The van der Waals surface area contributed by atoms with Crippen molar-refractivity contribution in [2.45, 2.75) is 11.5 Å². The summed E-state index contributed by atoms with van der Waals surface area (Å²) < 4.78 is 0. The molecular weight excluding hydrogens is 753 g/mol. The number of allylic oxidation sites excluding steroid dienone is 2. The maximum Gasteiger partial charge on any atom is 0.164 e. The Labute approximate surface area is 360 Å². The van der Waals surface area contributed by atoms with E-state index >= 15 is 0 Å². The van der Waals surface area contributed by atoms with E-state index in [9.17, 15) is 0 Å². The number of para-hydroxylation sites is 2. The molecule has 2 aliphatic carbocycles. The van der Waals surface area contributed by atoms with E-state index in [0.29, 0.717) is 17.5 Å². The molecule has 1 aromatic heterocycles. The van der Waals surface area contributed by atoms with Crippen molar-refractivity contribution < 1.29 is 0 Å². The monoisotopic (exact) mass is 790 g/mol. The summed E-state index contributed by atoms with van der Waals surface area (Å²) in [6.45, 7) is 0. The topological polar surface area (TPSA) is 41.9 Å². The van der Waals surface area contributed by atoms with Gasteiger partial charge >= 0.3 is 0 Å². The Kier molecular flexibility index (Phi) is 7.61. The molecule has 0 saturated carbocycles. The Balaban J connectivity index is 0.959. The maximum absolute atomic E-state index is 5.16. The zero-order valence-corrected chi connectivity index (χ0v) is 33.7. The number of hydrogen-bond acceptors (Lipinski definition) is 4. The average Bonchev–Trinajstić information content (AvgIpc) is 3.85. The molecule has 8 aromatic carbocycles. The number of nitrogens with zero attached hydrogens (tertiary/aromatic N) is 4. The van der Waals surface area contributed by atoms with Gasteiger partial charge in [-0.15, -0.1) is 0 Å². The minimum atomic E-state index is -0.404. The number of benzene rings is 8. The van der Waals surface area contributed by atoms with E-state index in [1.807, 2.05) is 24.3 Å². The third kappa shape index (κ3) is 5.04. The summed E-state index contributed by atoms with van der Waals surface area (Å²) in [6.07, 6.45) is 7.14. The van der Waals surface area contributed by atoms with Crippen molar-refractivity contribution in [2.24, 2.45) is 5.92 Å². The highest BCUT2D eigenvalue weighted by atomic mass is 15.2. The van der Waals surface area contributed by atoms with Crippen LogP contribution in [0.2, 0.25) is 0 Å². The predicted molar refractivity (Wildman–Crippen MR) is 252 cm³/mol. The quantitative estimate of drug-likeness (QED) is 0.174. The van der Waals surface area contributed by atoms with Crippen molar-refractivity contribution in [2.75, 3.05) is 4.90 Å². The molecule has 2 aliphatic heterocycles. The molecule has 0 bridgehead atoms. The minimum Gasteiger partial charge on any atom is -0.332 e. The average molecular weight is 791 g/mol. The summed E-state index contributed by atoms with van der Waals surface area (Å²) in [5, 5.41) is 0. The fourth-order valence-electron chi connectivity index (χ4n) is 10.9. The van der Waals surface area contributed by atoms with Crippen LogP contribution in [-0.2, 0) is 5.41 Å². The van der Waals surface area contributed by atoms with Gasteiger partial charge < -0.3 is 4.90 Å². The molecule has 4 aliphatic rings. The molecule has 3 heterocycles. The number of fused-ring (bicyclic) bond motifs is 12. The molecule has 62 heavy (non-hydrogen) atoms. The summed E-state index contributed by atoms with van der Waals surface area (Å²) >= 11 is 0. The van der Waals surface area contributed by atoms with Crippen LogP contribution in [0.1, 0.15) is 22.3 Å². The third-order valence-corrected chi connectivity index (χ3v) is 13.6. The van der Waals surface area contributed by atoms with Gasteiger partial charge in [0.1, 0.15) is 0 Å². The van der Waals surface area contributed by atoms with Crippen molar-refractivity contribution in [3.8, 4) is 67.5 Å². The lowest BCUT2D eigenvalue weighted by atomic mass is 9.57. The SMILES string of the molecule is C1=CC2C3C(=C1)c1ccccc1N3c1ccccc1C21c2ccccc2-c2ccc(-c3cccc(-c4nc(-c5ccccc5)nc(-c5ccc(-c6ccccc6)cc5)n4)c3)cc21. The molecule has 13 rings (SSSR count). The fraction of sp³-hybridized carbons (Fsp3) is 0.0517. The van der Waals surface area contributed by atoms with Crippen LogP contribution in [0.15, 0.2) is 218 Å². The molecule has 4 heteroatoms. The lowest BCUT2D eigenvalue weighted by Gasteiger charge is -2.52. The summed E-state index contributed by atoms with van der Waals surface area (Å²) in [7, 11) is 0. The molecule has 0 radical (unpaired) electrons. The van der Waals surface area contributed by atoms with E-state index in [-0.39, 0.29) is 12.0 Å². The lowest BCUT2D eigenvalue weighted by molar-refractivity contribution is 0.404. The highest BCUT2D eigenvalue weighted by Crippen LogP contribution is 2.66. The van der Waals surface area contributed by atoms with Crippen molar-refractivity contribution in [1.29, 1.82) is 0 Å². The second-order valence-corrected chi connectivity index (χ2v) is 16.7. The first-order chi connectivity index (χ1) is 30.7. The molecule has 0 saturated heterocycles. The van der Waals surface area contributed by atoms with Gasteiger partial charge in [-0.1, -0.05) is 194 Å². The Morgan fingerprint density at radius 3 is 1.66 bits per heavy atom. The Morgan fingerprint density at radius 1 is 0.371 bits per heavy atom. The maximum atomic E-state index is 5.16. The summed E-state index contributed by atoms with van der Waals surface area (Å²) in [5.41, 5.74) is 19.0. The van der Waals surface area contributed by atoms with Crippen molar-refractivity contribution in [1.82, 2.24) is 15.0 Å². The Morgan fingerprint density at radius 2 is 0.887 bits per heavy atom. The van der Waals surface area contributed by atoms with E-state index in [1.165, 1.54) is 55.9 Å². The van der Waals surface area contributed by atoms with E-state index in [4.69, 9.17) is 15.0 Å². The largest absolute Gasteiger partial charge is 0.332 e. The van der Waals surface area contributed by atoms with Crippen LogP contribution in [0.4, 0.5) is 11.4 Å². The molecular formula is C58H38N4. The zero-order chi connectivity index (χ0) is 40.8. The summed E-state index contributed by atoms with van der Waals surface area (Å²) in [4.78, 5) is 17.9. The van der Waals surface area contributed by atoms with Crippen LogP contribution in [0.5, 0.6) is 0 Å². The van der Waals surface area contributed by atoms with Crippen molar-refractivity contribution in [3.63, 3.8) is 0 Å². The van der Waals surface area contributed by atoms with Crippen LogP contribution in [0.3, 0.4) is 0 Å². The normalized spacial score (nSPS) is 18.4. The summed E-state index contributed by atoms with van der Waals surface area (Å²) in [6, 6.07) is 72.4.